The Bertz CT molecular complexity index is 263. The molecule has 0 atom stereocenters. The highest BCUT2D eigenvalue weighted by molar-refractivity contribution is 6.18. The van der Waals surface area contributed by atoms with Crippen LogP contribution in [0.5, 0.6) is 0 Å². The lowest BCUT2D eigenvalue weighted by Crippen LogP contribution is -2.20. The topological polar surface area (TPSA) is 0 Å². The molecule has 0 saturated heterocycles. The Hall–Kier alpha value is -0.490. The van der Waals surface area contributed by atoms with Crippen LogP contribution in [0.2, 0.25) is 0 Å². The quantitative estimate of drug-likeness (QED) is 0.615. The summed E-state index contributed by atoms with van der Waals surface area (Å²) < 4.78 is 0. The van der Waals surface area contributed by atoms with Crippen LogP contribution in [-0.4, -0.2) is 5.88 Å². The highest BCUT2D eigenvalue weighted by atomic mass is 35.5. The molecule has 0 radical (unpaired) electrons. The molecule has 0 N–H and O–H groups in total. The van der Waals surface area contributed by atoms with Gasteiger partial charge < -0.3 is 0 Å². The summed E-state index contributed by atoms with van der Waals surface area (Å²) in [6.45, 7) is 6.47. The first kappa shape index (κ1) is 9.60. The van der Waals surface area contributed by atoms with Crippen LogP contribution >= 0.6 is 11.6 Å². The summed E-state index contributed by atoms with van der Waals surface area (Å²) in [4.78, 5) is 0. The molecule has 1 rings (SSSR count). The second-order valence-corrected chi connectivity index (χ2v) is 4.10. The highest BCUT2D eigenvalue weighted by Gasteiger charge is 2.20. The molecule has 0 aliphatic rings. The summed E-state index contributed by atoms with van der Waals surface area (Å²) in [5.74, 6) is 0.665. The van der Waals surface area contributed by atoms with Crippen LogP contribution in [-0.2, 0) is 5.41 Å². The second kappa shape index (κ2) is 3.49. The normalized spacial score (nSPS) is 11.7. The van der Waals surface area contributed by atoms with Crippen LogP contribution in [0.3, 0.4) is 0 Å². The van der Waals surface area contributed by atoms with E-state index in [-0.39, 0.29) is 5.41 Å². The van der Waals surface area contributed by atoms with Crippen molar-refractivity contribution < 1.29 is 0 Å². The maximum atomic E-state index is 5.90. The van der Waals surface area contributed by atoms with Crippen LogP contribution in [0.25, 0.3) is 0 Å². The zero-order valence-electron chi connectivity index (χ0n) is 7.89. The van der Waals surface area contributed by atoms with Gasteiger partial charge in [0.25, 0.3) is 0 Å². The molecule has 0 saturated carbocycles. The van der Waals surface area contributed by atoms with Gasteiger partial charge in [-0.3, -0.25) is 0 Å². The monoisotopic (exact) mass is 182 g/mol. The molecule has 0 nitrogen and oxygen atoms in total. The Labute approximate surface area is 79.6 Å². The molecule has 1 heteroatoms. The highest BCUT2D eigenvalue weighted by Crippen LogP contribution is 2.26. The number of aryl methyl sites for hydroxylation is 1. The summed E-state index contributed by atoms with van der Waals surface area (Å²) >= 11 is 5.90. The van der Waals surface area contributed by atoms with Gasteiger partial charge in [0.15, 0.2) is 0 Å². The average Bonchev–Trinajstić information content (AvgIpc) is 2.05. The van der Waals surface area contributed by atoms with Gasteiger partial charge in [-0.1, -0.05) is 38.1 Å². The molecule has 1 aromatic rings. The summed E-state index contributed by atoms with van der Waals surface area (Å²) in [7, 11) is 0. The van der Waals surface area contributed by atoms with Crippen molar-refractivity contribution in [3.8, 4) is 0 Å². The maximum absolute atomic E-state index is 5.90. The van der Waals surface area contributed by atoms with E-state index in [0.29, 0.717) is 5.88 Å². The summed E-state index contributed by atoms with van der Waals surface area (Å²) in [6.07, 6.45) is 0. The standard InChI is InChI=1S/C11H15Cl/c1-9-6-4-5-7-10(9)11(2,3)8-12/h4-7H,8H2,1-3H3. The van der Waals surface area contributed by atoms with E-state index in [1.165, 1.54) is 11.1 Å². The number of hydrogen-bond acceptors (Lipinski definition) is 0. The fourth-order valence-corrected chi connectivity index (χ4v) is 1.55. The molecule has 0 aliphatic heterocycles. The van der Waals surface area contributed by atoms with Gasteiger partial charge in [-0.2, -0.15) is 0 Å². The molecule has 0 amide bonds. The summed E-state index contributed by atoms with van der Waals surface area (Å²) in [5, 5.41) is 0. The first-order valence-electron chi connectivity index (χ1n) is 4.20. The number of halogens is 1. The van der Waals surface area contributed by atoms with E-state index in [1.807, 2.05) is 0 Å². The average molecular weight is 183 g/mol. The second-order valence-electron chi connectivity index (χ2n) is 3.83. The predicted molar refractivity (Wildman–Crippen MR) is 54.9 cm³/mol. The Kier molecular flexibility index (Phi) is 2.79. The number of alkyl halides is 1. The fraction of sp³-hybridized carbons (Fsp3) is 0.455. The Balaban J connectivity index is 3.10. The molecule has 0 heterocycles. The molecule has 0 aromatic heterocycles. The first-order valence-corrected chi connectivity index (χ1v) is 4.73. The fourth-order valence-electron chi connectivity index (χ4n) is 1.40. The van der Waals surface area contributed by atoms with Crippen molar-refractivity contribution in [1.29, 1.82) is 0 Å². The zero-order chi connectivity index (χ0) is 9.19. The molecule has 0 unspecified atom stereocenters. The molecule has 66 valence electrons. The van der Waals surface area contributed by atoms with Gasteiger partial charge >= 0.3 is 0 Å². The minimum atomic E-state index is 0.0902. The van der Waals surface area contributed by atoms with Gasteiger partial charge in [0, 0.05) is 11.3 Å². The van der Waals surface area contributed by atoms with E-state index in [1.54, 1.807) is 0 Å². The van der Waals surface area contributed by atoms with Crippen molar-refractivity contribution in [1.82, 2.24) is 0 Å². The van der Waals surface area contributed by atoms with Gasteiger partial charge in [-0.25, -0.2) is 0 Å². The van der Waals surface area contributed by atoms with Crippen LogP contribution < -0.4 is 0 Å². The van der Waals surface area contributed by atoms with E-state index >= 15 is 0 Å². The van der Waals surface area contributed by atoms with Crippen LogP contribution in [0, 0.1) is 6.92 Å². The van der Waals surface area contributed by atoms with Crippen molar-refractivity contribution in [3.63, 3.8) is 0 Å². The van der Waals surface area contributed by atoms with Gasteiger partial charge in [-0.05, 0) is 18.1 Å². The van der Waals surface area contributed by atoms with Gasteiger partial charge in [0.1, 0.15) is 0 Å². The molecule has 0 spiro atoms. The van der Waals surface area contributed by atoms with Gasteiger partial charge in [-0.15, -0.1) is 11.6 Å². The van der Waals surface area contributed by atoms with Crippen LogP contribution in [0.1, 0.15) is 25.0 Å². The van der Waals surface area contributed by atoms with Crippen molar-refractivity contribution in [3.05, 3.63) is 35.4 Å². The molecular formula is C11H15Cl. The van der Waals surface area contributed by atoms with Crippen LogP contribution in [0.4, 0.5) is 0 Å². The number of benzene rings is 1. The van der Waals surface area contributed by atoms with Crippen LogP contribution in [0.15, 0.2) is 24.3 Å². The third kappa shape index (κ3) is 1.81. The van der Waals surface area contributed by atoms with Gasteiger partial charge in [0.2, 0.25) is 0 Å². The van der Waals surface area contributed by atoms with E-state index in [9.17, 15) is 0 Å². The Morgan fingerprint density at radius 3 is 2.33 bits per heavy atom. The van der Waals surface area contributed by atoms with E-state index in [4.69, 9.17) is 11.6 Å². The predicted octanol–water partition coefficient (Wildman–Crippen LogP) is 3.51. The Morgan fingerprint density at radius 1 is 1.25 bits per heavy atom. The lowest BCUT2D eigenvalue weighted by atomic mass is 9.84. The molecule has 1 aromatic carbocycles. The third-order valence-electron chi connectivity index (χ3n) is 2.21. The minimum absolute atomic E-state index is 0.0902. The van der Waals surface area contributed by atoms with E-state index in [0.717, 1.165) is 0 Å². The van der Waals surface area contributed by atoms with E-state index in [2.05, 4.69) is 45.0 Å². The number of rotatable bonds is 2. The first-order chi connectivity index (χ1) is 5.58. The molecule has 0 fully saturated rings. The number of hydrogen-bond donors (Lipinski definition) is 0. The molecule has 0 aliphatic carbocycles. The van der Waals surface area contributed by atoms with Gasteiger partial charge in [0.05, 0.1) is 0 Å². The smallest absolute Gasteiger partial charge is 0.0315 e. The maximum Gasteiger partial charge on any atom is 0.0315 e. The van der Waals surface area contributed by atoms with E-state index < -0.39 is 0 Å². The SMILES string of the molecule is Cc1ccccc1C(C)(C)CCl. The van der Waals surface area contributed by atoms with Crippen molar-refractivity contribution in [2.75, 3.05) is 5.88 Å². The largest absolute Gasteiger partial charge is 0.126 e. The summed E-state index contributed by atoms with van der Waals surface area (Å²) in [5.41, 5.74) is 2.76. The lowest BCUT2D eigenvalue weighted by molar-refractivity contribution is 0.594. The minimum Gasteiger partial charge on any atom is -0.126 e. The third-order valence-corrected chi connectivity index (χ3v) is 2.88. The summed E-state index contributed by atoms with van der Waals surface area (Å²) in [6, 6.07) is 8.40. The molecular weight excluding hydrogens is 168 g/mol. The molecule has 0 bridgehead atoms. The lowest BCUT2D eigenvalue weighted by Gasteiger charge is -2.23. The zero-order valence-corrected chi connectivity index (χ0v) is 8.65. The van der Waals surface area contributed by atoms with Crippen molar-refractivity contribution >= 4 is 11.6 Å². The van der Waals surface area contributed by atoms with Crippen molar-refractivity contribution in [2.24, 2.45) is 0 Å². The molecule has 12 heavy (non-hydrogen) atoms. The van der Waals surface area contributed by atoms with Crippen molar-refractivity contribution in [2.45, 2.75) is 26.2 Å². The Morgan fingerprint density at radius 2 is 1.83 bits per heavy atom.